The highest BCUT2D eigenvalue weighted by Crippen LogP contribution is 2.35. The van der Waals surface area contributed by atoms with Gasteiger partial charge >= 0.3 is 0 Å². The summed E-state index contributed by atoms with van der Waals surface area (Å²) in [5.74, 6) is 6.56. The predicted molar refractivity (Wildman–Crippen MR) is 77.0 cm³/mol. The molecule has 0 spiro atoms. The Morgan fingerprint density at radius 1 is 1.40 bits per heavy atom. The van der Waals surface area contributed by atoms with E-state index in [0.717, 1.165) is 19.4 Å². The molecule has 1 heterocycles. The van der Waals surface area contributed by atoms with E-state index in [1.807, 2.05) is 4.90 Å². The van der Waals surface area contributed by atoms with Crippen molar-refractivity contribution in [2.45, 2.75) is 31.7 Å². The first-order valence-electron chi connectivity index (χ1n) is 7.23. The quantitative estimate of drug-likeness (QED) is 0.841. The van der Waals surface area contributed by atoms with Gasteiger partial charge < -0.3 is 10.6 Å². The molecule has 20 heavy (non-hydrogen) atoms. The lowest BCUT2D eigenvalue weighted by Crippen LogP contribution is -2.35. The molecule has 1 aromatic rings. The van der Waals surface area contributed by atoms with E-state index in [-0.39, 0.29) is 12.5 Å². The number of carbonyl (C=O) groups excluding carboxylic acids is 1. The molecule has 2 aliphatic rings. The fourth-order valence-electron chi connectivity index (χ4n) is 2.34. The van der Waals surface area contributed by atoms with Gasteiger partial charge in [-0.2, -0.15) is 0 Å². The van der Waals surface area contributed by atoms with Gasteiger partial charge in [-0.05, 0) is 37.7 Å². The maximum absolute atomic E-state index is 12.8. The number of amides is 1. The van der Waals surface area contributed by atoms with Gasteiger partial charge in [-0.3, -0.25) is 9.78 Å². The molecule has 104 valence electrons. The van der Waals surface area contributed by atoms with Crippen molar-refractivity contribution in [1.29, 1.82) is 0 Å². The van der Waals surface area contributed by atoms with E-state index in [1.54, 1.807) is 18.5 Å². The van der Waals surface area contributed by atoms with Crippen molar-refractivity contribution in [3.8, 4) is 11.8 Å². The minimum Gasteiger partial charge on any atom is -0.335 e. The highest BCUT2D eigenvalue weighted by Gasteiger charge is 2.37. The monoisotopic (exact) mass is 269 g/mol. The second kappa shape index (κ2) is 5.64. The third-order valence-corrected chi connectivity index (χ3v) is 3.78. The van der Waals surface area contributed by atoms with E-state index in [9.17, 15) is 4.79 Å². The van der Waals surface area contributed by atoms with E-state index in [0.29, 0.717) is 23.1 Å². The van der Waals surface area contributed by atoms with Crippen LogP contribution >= 0.6 is 0 Å². The number of hydrogen-bond acceptors (Lipinski definition) is 3. The van der Waals surface area contributed by atoms with Gasteiger partial charge in [-0.15, -0.1) is 0 Å². The first kappa shape index (κ1) is 13.1. The number of nitrogens with zero attached hydrogens (tertiary/aromatic N) is 2. The summed E-state index contributed by atoms with van der Waals surface area (Å²) in [6.07, 6.45) is 8.08. The Bertz CT molecular complexity index is 565. The first-order chi connectivity index (χ1) is 9.79. The Balaban J connectivity index is 1.84. The molecule has 1 amide bonds. The van der Waals surface area contributed by atoms with E-state index in [1.165, 1.54) is 12.8 Å². The molecule has 0 unspecified atom stereocenters. The van der Waals surface area contributed by atoms with Crippen LogP contribution in [0.15, 0.2) is 18.5 Å². The predicted octanol–water partition coefficient (Wildman–Crippen LogP) is 1.41. The van der Waals surface area contributed by atoms with Crippen molar-refractivity contribution in [3.63, 3.8) is 0 Å². The fraction of sp³-hybridized carbons (Fsp3) is 0.500. The molecule has 1 aromatic heterocycles. The average Bonchev–Trinajstić information content (AvgIpc) is 3.35. The first-order valence-corrected chi connectivity index (χ1v) is 7.23. The highest BCUT2D eigenvalue weighted by molar-refractivity contribution is 5.97. The van der Waals surface area contributed by atoms with E-state index in [2.05, 4.69) is 16.8 Å². The number of carbonyl (C=O) groups is 1. The van der Waals surface area contributed by atoms with Crippen LogP contribution in [0.25, 0.3) is 0 Å². The van der Waals surface area contributed by atoms with Gasteiger partial charge in [0.05, 0.1) is 17.7 Å². The SMILES string of the molecule is NCC#Cc1cnccc1C(=O)N(CC1CC1)C1CC1. The summed E-state index contributed by atoms with van der Waals surface area (Å²) in [4.78, 5) is 18.9. The number of hydrogen-bond donors (Lipinski definition) is 1. The fourth-order valence-corrected chi connectivity index (χ4v) is 2.34. The lowest BCUT2D eigenvalue weighted by molar-refractivity contribution is 0.0734. The minimum atomic E-state index is 0.100. The summed E-state index contributed by atoms with van der Waals surface area (Å²) in [7, 11) is 0. The van der Waals surface area contributed by atoms with Crippen LogP contribution < -0.4 is 5.73 Å². The number of aromatic nitrogens is 1. The summed E-state index contributed by atoms with van der Waals surface area (Å²) in [6.45, 7) is 1.19. The summed E-state index contributed by atoms with van der Waals surface area (Å²) >= 11 is 0. The van der Waals surface area contributed by atoms with Crippen LogP contribution in [0.5, 0.6) is 0 Å². The second-order valence-electron chi connectivity index (χ2n) is 5.56. The largest absolute Gasteiger partial charge is 0.335 e. The average molecular weight is 269 g/mol. The Hall–Kier alpha value is -1.86. The standard InChI is InChI=1S/C16H19N3O/c17-8-1-2-13-10-18-9-7-15(13)16(20)19(14-5-6-14)11-12-3-4-12/h7,9-10,12,14H,3-6,8,11,17H2. The molecule has 2 saturated carbocycles. The van der Waals surface area contributed by atoms with Gasteiger partial charge in [-0.25, -0.2) is 0 Å². The maximum Gasteiger partial charge on any atom is 0.255 e. The maximum atomic E-state index is 12.8. The molecular weight excluding hydrogens is 250 g/mol. The molecule has 2 aliphatic carbocycles. The van der Waals surface area contributed by atoms with Crippen molar-refractivity contribution < 1.29 is 4.79 Å². The zero-order valence-electron chi connectivity index (χ0n) is 11.5. The molecule has 3 rings (SSSR count). The number of rotatable bonds is 4. The smallest absolute Gasteiger partial charge is 0.255 e. The third-order valence-electron chi connectivity index (χ3n) is 3.78. The molecule has 0 aliphatic heterocycles. The molecule has 0 bridgehead atoms. The zero-order valence-corrected chi connectivity index (χ0v) is 11.5. The molecule has 0 atom stereocenters. The van der Waals surface area contributed by atoms with Crippen LogP contribution in [0.4, 0.5) is 0 Å². The third kappa shape index (κ3) is 3.00. The Morgan fingerprint density at radius 2 is 2.20 bits per heavy atom. The van der Waals surface area contributed by atoms with Crippen molar-refractivity contribution in [2.75, 3.05) is 13.1 Å². The van der Waals surface area contributed by atoms with Gasteiger partial charge in [0.1, 0.15) is 0 Å². The molecule has 2 N–H and O–H groups in total. The van der Waals surface area contributed by atoms with Crippen LogP contribution in [-0.4, -0.2) is 34.9 Å². The van der Waals surface area contributed by atoms with Gasteiger partial charge in [0, 0.05) is 25.0 Å². The molecule has 0 aromatic carbocycles. The minimum absolute atomic E-state index is 0.100. The molecule has 4 nitrogen and oxygen atoms in total. The van der Waals surface area contributed by atoms with E-state index >= 15 is 0 Å². The topological polar surface area (TPSA) is 59.2 Å². The molecular formula is C16H19N3O. The Morgan fingerprint density at radius 3 is 2.85 bits per heavy atom. The highest BCUT2D eigenvalue weighted by atomic mass is 16.2. The van der Waals surface area contributed by atoms with Crippen LogP contribution in [0, 0.1) is 17.8 Å². The van der Waals surface area contributed by atoms with Crippen LogP contribution in [0.1, 0.15) is 41.6 Å². The second-order valence-corrected chi connectivity index (χ2v) is 5.56. The summed E-state index contributed by atoms with van der Waals surface area (Å²) < 4.78 is 0. The van der Waals surface area contributed by atoms with Gasteiger partial charge in [0.15, 0.2) is 0 Å². The van der Waals surface area contributed by atoms with Gasteiger partial charge in [-0.1, -0.05) is 11.8 Å². The van der Waals surface area contributed by atoms with Crippen molar-refractivity contribution >= 4 is 5.91 Å². The van der Waals surface area contributed by atoms with Gasteiger partial charge in [0.2, 0.25) is 0 Å². The van der Waals surface area contributed by atoms with Crippen molar-refractivity contribution in [1.82, 2.24) is 9.88 Å². The number of nitrogens with two attached hydrogens (primary N) is 1. The van der Waals surface area contributed by atoms with E-state index in [4.69, 9.17) is 5.73 Å². The molecule has 0 saturated heterocycles. The Kier molecular flexibility index (Phi) is 3.70. The van der Waals surface area contributed by atoms with Crippen LogP contribution in [0.2, 0.25) is 0 Å². The summed E-state index contributed by atoms with van der Waals surface area (Å²) in [5.41, 5.74) is 6.75. The normalized spacial score (nSPS) is 17.2. The summed E-state index contributed by atoms with van der Waals surface area (Å²) in [5, 5.41) is 0. The van der Waals surface area contributed by atoms with E-state index < -0.39 is 0 Å². The molecule has 0 radical (unpaired) electrons. The summed E-state index contributed by atoms with van der Waals surface area (Å²) in [6, 6.07) is 2.21. The lowest BCUT2D eigenvalue weighted by atomic mass is 10.1. The van der Waals surface area contributed by atoms with Crippen molar-refractivity contribution in [3.05, 3.63) is 29.6 Å². The van der Waals surface area contributed by atoms with Crippen LogP contribution in [0.3, 0.4) is 0 Å². The molecule has 2 fully saturated rings. The lowest BCUT2D eigenvalue weighted by Gasteiger charge is -2.22. The Labute approximate surface area is 119 Å². The number of pyridine rings is 1. The van der Waals surface area contributed by atoms with Crippen LogP contribution in [-0.2, 0) is 0 Å². The molecule has 4 heteroatoms. The van der Waals surface area contributed by atoms with Gasteiger partial charge in [0.25, 0.3) is 5.91 Å². The zero-order chi connectivity index (χ0) is 13.9. The van der Waals surface area contributed by atoms with Crippen molar-refractivity contribution in [2.24, 2.45) is 11.7 Å².